The van der Waals surface area contributed by atoms with Gasteiger partial charge in [-0.25, -0.2) is 9.36 Å². The fraction of sp³-hybridized carbons (Fsp3) is 0.778. The number of ketones is 1. The van der Waals surface area contributed by atoms with Gasteiger partial charge in [-0.2, -0.15) is 0 Å². The third kappa shape index (κ3) is 3.74. The number of ether oxygens (including phenoxy) is 1. The van der Waals surface area contributed by atoms with Gasteiger partial charge in [-0.05, 0) is 94.0 Å². The van der Waals surface area contributed by atoms with E-state index in [1.165, 1.54) is 12.5 Å². The fourth-order valence-corrected chi connectivity index (χ4v) is 9.92. The third-order valence-electron chi connectivity index (χ3n) is 10.7. The summed E-state index contributed by atoms with van der Waals surface area (Å²) in [7, 11) is -4.08. The quantitative estimate of drug-likeness (QED) is 0.234. The summed E-state index contributed by atoms with van der Waals surface area (Å²) >= 11 is 0. The van der Waals surface area contributed by atoms with E-state index in [2.05, 4.69) is 25.7 Å². The van der Waals surface area contributed by atoms with Crippen molar-refractivity contribution in [2.75, 3.05) is 13.2 Å². The minimum absolute atomic E-state index is 0.0370. The molecule has 5 aliphatic rings. The topological polar surface area (TPSA) is 127 Å². The van der Waals surface area contributed by atoms with Crippen LogP contribution in [0.4, 0.5) is 0 Å². The number of hydrogen-bond acceptors (Lipinski definition) is 6. The standard InChI is InChI=1S/C27H40NO7P/c1-16-23(17(2)29)24(30)34-27(16)12-9-22-20-6-5-18-15-19(35-36(31,32)33-14-13-28)7-10-25(18,3)21(20)8-11-26(22,27)4/h5,19-22H,6-15,28H2,1-4H3,(H,31,32)/p+1/t19?,20?,21-,22-,25-,26-,27-/m0/s1. The first-order chi connectivity index (χ1) is 16.9. The van der Waals surface area contributed by atoms with Crippen LogP contribution in [0.5, 0.6) is 0 Å². The van der Waals surface area contributed by atoms with Crippen LogP contribution in [0.2, 0.25) is 0 Å². The number of Topliss-reactive ketones (excluding diaryl/α,β-unsaturated/α-hetero) is 1. The first kappa shape index (κ1) is 26.3. The monoisotopic (exact) mass is 522 g/mol. The van der Waals surface area contributed by atoms with E-state index in [1.54, 1.807) is 0 Å². The number of hydrogen-bond donors (Lipinski definition) is 2. The Hall–Kier alpha value is -1.31. The van der Waals surface area contributed by atoms with Crippen LogP contribution >= 0.6 is 7.82 Å². The lowest BCUT2D eigenvalue weighted by atomic mass is 9.46. The van der Waals surface area contributed by atoms with Crippen molar-refractivity contribution >= 4 is 19.6 Å². The van der Waals surface area contributed by atoms with E-state index in [9.17, 15) is 19.0 Å². The molecule has 9 heteroatoms. The molecule has 3 unspecified atom stereocenters. The molecule has 0 aromatic carbocycles. The molecular formula is C27H41NO7P+. The molecule has 0 amide bonds. The number of esters is 1. The SMILES string of the molecule is CC(=O)C1=C(C)[C@]2(CC[C@H]3C4CC=C5CC(OP(=O)(O)OCC[NH3+])CC[C@]5(C)[C@H]4CC[C@@]32C)OC1=O. The zero-order valence-corrected chi connectivity index (χ0v) is 22.9. The van der Waals surface area contributed by atoms with E-state index >= 15 is 0 Å². The maximum Gasteiger partial charge on any atom is 0.472 e. The maximum absolute atomic E-state index is 12.7. The van der Waals surface area contributed by atoms with Crippen molar-refractivity contribution in [3.8, 4) is 0 Å². The Morgan fingerprint density at radius 1 is 1.22 bits per heavy atom. The molecule has 0 radical (unpaired) electrons. The largest absolute Gasteiger partial charge is 0.472 e. The number of carbonyl (C=O) groups excluding carboxylic acids is 2. The smallest absolute Gasteiger partial charge is 0.450 e. The molecule has 0 aromatic heterocycles. The highest BCUT2D eigenvalue weighted by molar-refractivity contribution is 7.47. The van der Waals surface area contributed by atoms with Gasteiger partial charge in [0.25, 0.3) is 0 Å². The average molecular weight is 523 g/mol. The summed E-state index contributed by atoms with van der Waals surface area (Å²) in [6, 6.07) is 0. The molecule has 8 nitrogen and oxygen atoms in total. The summed E-state index contributed by atoms with van der Waals surface area (Å²) in [4.78, 5) is 35.1. The highest BCUT2D eigenvalue weighted by Gasteiger charge is 2.68. The van der Waals surface area contributed by atoms with Gasteiger partial charge in [0.2, 0.25) is 0 Å². The van der Waals surface area contributed by atoms with Gasteiger partial charge in [0.05, 0.1) is 12.6 Å². The first-order valence-corrected chi connectivity index (χ1v) is 15.0. The minimum atomic E-state index is -4.08. The molecule has 1 heterocycles. The second-order valence-corrected chi connectivity index (χ2v) is 13.6. The van der Waals surface area contributed by atoms with E-state index < -0.39 is 19.4 Å². The predicted octanol–water partition coefficient (Wildman–Crippen LogP) is 3.89. The summed E-state index contributed by atoms with van der Waals surface area (Å²) in [5, 5.41) is 0. The Bertz CT molecular complexity index is 1080. The van der Waals surface area contributed by atoms with Crippen molar-refractivity contribution in [3.63, 3.8) is 0 Å². The Balaban J connectivity index is 1.38. The number of phosphoric ester groups is 1. The summed E-state index contributed by atoms with van der Waals surface area (Å²) < 4.78 is 29.0. The summed E-state index contributed by atoms with van der Waals surface area (Å²) in [6.07, 6.45) is 9.09. The van der Waals surface area contributed by atoms with Crippen LogP contribution in [0.1, 0.15) is 79.1 Å². The van der Waals surface area contributed by atoms with Crippen LogP contribution in [0.25, 0.3) is 0 Å². The van der Waals surface area contributed by atoms with Crippen molar-refractivity contribution in [2.24, 2.45) is 28.6 Å². The van der Waals surface area contributed by atoms with Crippen LogP contribution in [0, 0.1) is 28.6 Å². The van der Waals surface area contributed by atoms with Gasteiger partial charge in [0.1, 0.15) is 17.8 Å². The molecule has 3 fully saturated rings. The normalized spacial score (nSPS) is 43.4. The number of quaternary nitrogens is 1. The molecule has 0 aromatic rings. The van der Waals surface area contributed by atoms with Crippen LogP contribution in [0.15, 0.2) is 22.8 Å². The Labute approximate surface area is 213 Å². The van der Waals surface area contributed by atoms with E-state index in [0.717, 1.165) is 50.5 Å². The number of allylic oxidation sites excluding steroid dienone is 1. The molecule has 1 aliphatic heterocycles. The Kier molecular flexibility index (Phi) is 6.48. The van der Waals surface area contributed by atoms with Crippen molar-refractivity contribution in [3.05, 3.63) is 22.8 Å². The molecule has 3 saturated carbocycles. The van der Waals surface area contributed by atoms with Gasteiger partial charge >= 0.3 is 13.8 Å². The first-order valence-electron chi connectivity index (χ1n) is 13.5. The molecule has 36 heavy (non-hydrogen) atoms. The molecule has 5 rings (SSSR count). The minimum Gasteiger partial charge on any atom is -0.450 e. The number of rotatable bonds is 6. The van der Waals surface area contributed by atoms with Crippen molar-refractivity contribution in [1.82, 2.24) is 0 Å². The van der Waals surface area contributed by atoms with Crippen molar-refractivity contribution < 1.29 is 38.6 Å². The molecular weight excluding hydrogens is 481 g/mol. The van der Waals surface area contributed by atoms with Gasteiger partial charge in [-0.15, -0.1) is 0 Å². The molecule has 8 atom stereocenters. The third-order valence-corrected chi connectivity index (χ3v) is 11.7. The summed E-state index contributed by atoms with van der Waals surface area (Å²) in [6.45, 7) is 8.57. The molecule has 1 spiro atoms. The number of carbonyl (C=O) groups is 2. The van der Waals surface area contributed by atoms with Gasteiger partial charge in [0, 0.05) is 5.41 Å². The van der Waals surface area contributed by atoms with Crippen LogP contribution in [-0.2, 0) is 27.9 Å². The summed E-state index contributed by atoms with van der Waals surface area (Å²) in [5.41, 5.74) is 5.29. The lowest BCUT2D eigenvalue weighted by Gasteiger charge is -2.59. The number of phosphoric acid groups is 1. The molecule has 0 saturated heterocycles. The van der Waals surface area contributed by atoms with Gasteiger partial charge in [-0.1, -0.05) is 25.5 Å². The zero-order valence-electron chi connectivity index (χ0n) is 22.0. The highest BCUT2D eigenvalue weighted by atomic mass is 31.2. The lowest BCUT2D eigenvalue weighted by molar-refractivity contribution is -0.371. The van der Waals surface area contributed by atoms with E-state index in [1.807, 2.05) is 6.92 Å². The van der Waals surface area contributed by atoms with Crippen LogP contribution in [0.3, 0.4) is 0 Å². The fourth-order valence-electron chi connectivity index (χ4n) is 8.95. The second-order valence-electron chi connectivity index (χ2n) is 12.2. The highest BCUT2D eigenvalue weighted by Crippen LogP contribution is 2.70. The maximum atomic E-state index is 12.7. The lowest BCUT2D eigenvalue weighted by Crippen LogP contribution is -2.55. The number of fused-ring (bicyclic) bond motifs is 6. The molecule has 0 bridgehead atoms. The van der Waals surface area contributed by atoms with Gasteiger partial charge in [-0.3, -0.25) is 13.8 Å². The van der Waals surface area contributed by atoms with Crippen LogP contribution in [-0.4, -0.2) is 41.5 Å². The van der Waals surface area contributed by atoms with E-state index in [4.69, 9.17) is 13.8 Å². The summed E-state index contributed by atoms with van der Waals surface area (Å²) in [5.74, 6) is 0.786. The van der Waals surface area contributed by atoms with Crippen molar-refractivity contribution in [1.29, 1.82) is 0 Å². The average Bonchev–Trinajstić information content (AvgIpc) is 3.25. The molecule has 4 aliphatic carbocycles. The Morgan fingerprint density at radius 3 is 2.61 bits per heavy atom. The van der Waals surface area contributed by atoms with E-state index in [-0.39, 0.29) is 34.9 Å². The van der Waals surface area contributed by atoms with Gasteiger partial charge in [0.15, 0.2) is 5.78 Å². The Morgan fingerprint density at radius 2 is 1.94 bits per heavy atom. The van der Waals surface area contributed by atoms with Gasteiger partial charge < -0.3 is 15.4 Å². The molecule has 200 valence electrons. The van der Waals surface area contributed by atoms with Crippen LogP contribution < -0.4 is 5.73 Å². The molecule has 4 N–H and O–H groups in total. The van der Waals surface area contributed by atoms with Crippen molar-refractivity contribution in [2.45, 2.75) is 90.8 Å². The zero-order chi connectivity index (χ0) is 26.1. The second kappa shape index (κ2) is 8.88. The predicted molar refractivity (Wildman–Crippen MR) is 132 cm³/mol. The van der Waals surface area contributed by atoms with E-state index in [0.29, 0.717) is 30.7 Å².